The molecule has 0 aliphatic carbocycles. The van der Waals surface area contributed by atoms with Crippen molar-refractivity contribution in [3.05, 3.63) is 102 Å². The molecule has 0 unspecified atom stereocenters. The van der Waals surface area contributed by atoms with Crippen LogP contribution in [0.15, 0.2) is 84.9 Å². The summed E-state index contributed by atoms with van der Waals surface area (Å²) in [6, 6.07) is 26.1. The minimum absolute atomic E-state index is 0.0517. The fraction of sp³-hybridized carbons (Fsp3) is 0.154. The Balaban J connectivity index is 1.36. The lowest BCUT2D eigenvalue weighted by atomic mass is 10.2. The first kappa shape index (κ1) is 21.2. The molecule has 4 aromatic rings. The Morgan fingerprint density at radius 1 is 0.781 bits per heavy atom. The van der Waals surface area contributed by atoms with Gasteiger partial charge in [0.1, 0.15) is 11.4 Å². The Labute approximate surface area is 186 Å². The average Bonchev–Trinajstić information content (AvgIpc) is 3.18. The normalized spacial score (nSPS) is 10.8. The van der Waals surface area contributed by atoms with Crippen LogP contribution < -0.4 is 10.6 Å². The summed E-state index contributed by atoms with van der Waals surface area (Å²) in [5, 5.41) is 16.3. The Morgan fingerprint density at radius 3 is 2.28 bits per heavy atom. The quantitative estimate of drug-likeness (QED) is 0.373. The van der Waals surface area contributed by atoms with Crippen LogP contribution in [0.25, 0.3) is 10.9 Å². The SMILES string of the molecule is O=C(NCCCNC(=O)c1cc2ccccc2n1Cc1ccccc1)c1cccc(O)c1. The highest BCUT2D eigenvalue weighted by atomic mass is 16.3. The van der Waals surface area contributed by atoms with Gasteiger partial charge in [-0.3, -0.25) is 9.59 Å². The largest absolute Gasteiger partial charge is 0.508 e. The molecule has 0 spiro atoms. The van der Waals surface area contributed by atoms with E-state index in [2.05, 4.69) is 10.6 Å². The van der Waals surface area contributed by atoms with E-state index in [4.69, 9.17) is 0 Å². The molecule has 0 atom stereocenters. The second-order valence-electron chi connectivity index (χ2n) is 7.58. The third-order valence-electron chi connectivity index (χ3n) is 5.26. The molecule has 0 aliphatic heterocycles. The van der Waals surface area contributed by atoms with E-state index in [1.54, 1.807) is 12.1 Å². The lowest BCUT2D eigenvalue weighted by Gasteiger charge is -2.12. The smallest absolute Gasteiger partial charge is 0.267 e. The monoisotopic (exact) mass is 427 g/mol. The number of carbonyl (C=O) groups is 2. The van der Waals surface area contributed by atoms with Crippen LogP contribution in [0.3, 0.4) is 0 Å². The number of hydrogen-bond acceptors (Lipinski definition) is 3. The van der Waals surface area contributed by atoms with Crippen molar-refractivity contribution < 1.29 is 14.7 Å². The van der Waals surface area contributed by atoms with Gasteiger partial charge in [0, 0.05) is 36.1 Å². The lowest BCUT2D eigenvalue weighted by Crippen LogP contribution is -2.31. The van der Waals surface area contributed by atoms with E-state index in [0.717, 1.165) is 16.5 Å². The number of aromatic nitrogens is 1. The van der Waals surface area contributed by atoms with E-state index in [0.29, 0.717) is 37.3 Å². The molecule has 6 heteroatoms. The van der Waals surface area contributed by atoms with E-state index < -0.39 is 0 Å². The predicted molar refractivity (Wildman–Crippen MR) is 125 cm³/mol. The summed E-state index contributed by atoms with van der Waals surface area (Å²) in [7, 11) is 0. The van der Waals surface area contributed by atoms with E-state index in [-0.39, 0.29) is 17.6 Å². The molecule has 0 bridgehead atoms. The first-order chi connectivity index (χ1) is 15.6. The van der Waals surface area contributed by atoms with Crippen LogP contribution in [0.2, 0.25) is 0 Å². The fourth-order valence-corrected chi connectivity index (χ4v) is 3.67. The molecule has 1 heterocycles. The molecule has 6 nitrogen and oxygen atoms in total. The molecule has 0 aliphatic rings. The topological polar surface area (TPSA) is 83.4 Å². The molecular formula is C26H25N3O3. The van der Waals surface area contributed by atoms with Crippen LogP contribution in [-0.4, -0.2) is 34.6 Å². The Kier molecular flexibility index (Phi) is 6.51. The van der Waals surface area contributed by atoms with Gasteiger partial charge in [0.2, 0.25) is 0 Å². The van der Waals surface area contributed by atoms with Crippen molar-refractivity contribution in [1.82, 2.24) is 15.2 Å². The van der Waals surface area contributed by atoms with Gasteiger partial charge in [0.15, 0.2) is 0 Å². The van der Waals surface area contributed by atoms with Crippen LogP contribution in [0.4, 0.5) is 0 Å². The number of nitrogens with one attached hydrogen (secondary N) is 2. The van der Waals surface area contributed by atoms with Crippen molar-refractivity contribution >= 4 is 22.7 Å². The van der Waals surface area contributed by atoms with Gasteiger partial charge < -0.3 is 20.3 Å². The number of phenols is 1. The van der Waals surface area contributed by atoms with Crippen LogP contribution in [0.5, 0.6) is 5.75 Å². The summed E-state index contributed by atoms with van der Waals surface area (Å²) in [6.45, 7) is 1.46. The van der Waals surface area contributed by atoms with Crippen LogP contribution in [-0.2, 0) is 6.54 Å². The zero-order valence-corrected chi connectivity index (χ0v) is 17.6. The summed E-state index contributed by atoms with van der Waals surface area (Å²) in [5.41, 5.74) is 3.15. The highest BCUT2D eigenvalue weighted by Gasteiger charge is 2.15. The van der Waals surface area contributed by atoms with E-state index in [1.807, 2.05) is 65.2 Å². The van der Waals surface area contributed by atoms with Gasteiger partial charge in [-0.1, -0.05) is 54.6 Å². The lowest BCUT2D eigenvalue weighted by molar-refractivity contribution is 0.0944. The van der Waals surface area contributed by atoms with Crippen molar-refractivity contribution in [3.8, 4) is 5.75 Å². The summed E-state index contributed by atoms with van der Waals surface area (Å²) in [4.78, 5) is 25.1. The first-order valence-electron chi connectivity index (χ1n) is 10.6. The Morgan fingerprint density at radius 2 is 1.50 bits per heavy atom. The van der Waals surface area contributed by atoms with E-state index in [1.165, 1.54) is 12.1 Å². The van der Waals surface area contributed by atoms with E-state index >= 15 is 0 Å². The van der Waals surface area contributed by atoms with Crippen LogP contribution in [0.1, 0.15) is 32.8 Å². The van der Waals surface area contributed by atoms with Crippen molar-refractivity contribution in [1.29, 1.82) is 0 Å². The van der Waals surface area contributed by atoms with Gasteiger partial charge in [-0.25, -0.2) is 0 Å². The second kappa shape index (κ2) is 9.83. The van der Waals surface area contributed by atoms with Gasteiger partial charge >= 0.3 is 0 Å². The molecule has 2 amide bonds. The van der Waals surface area contributed by atoms with Crippen LogP contribution >= 0.6 is 0 Å². The minimum atomic E-state index is -0.254. The number of para-hydroxylation sites is 1. The third kappa shape index (κ3) is 4.98. The number of hydrogen-bond donors (Lipinski definition) is 3. The van der Waals surface area contributed by atoms with Crippen molar-refractivity contribution in [3.63, 3.8) is 0 Å². The molecule has 4 rings (SSSR count). The van der Waals surface area contributed by atoms with Gasteiger partial charge in [-0.15, -0.1) is 0 Å². The highest BCUT2D eigenvalue weighted by molar-refractivity contribution is 5.99. The highest BCUT2D eigenvalue weighted by Crippen LogP contribution is 2.21. The number of fused-ring (bicyclic) bond motifs is 1. The van der Waals surface area contributed by atoms with Gasteiger partial charge in [0.25, 0.3) is 11.8 Å². The molecule has 0 radical (unpaired) electrons. The number of phenolic OH excluding ortho intramolecular Hbond substituents is 1. The summed E-state index contributed by atoms with van der Waals surface area (Å²) in [5.74, 6) is -0.345. The van der Waals surface area contributed by atoms with Crippen molar-refractivity contribution in [2.45, 2.75) is 13.0 Å². The Bertz CT molecular complexity index is 1230. The van der Waals surface area contributed by atoms with Gasteiger partial charge in [-0.05, 0) is 42.3 Å². The minimum Gasteiger partial charge on any atom is -0.508 e. The molecule has 3 N–H and O–H groups in total. The molecule has 3 aromatic carbocycles. The second-order valence-corrected chi connectivity index (χ2v) is 7.58. The molecule has 0 saturated carbocycles. The summed E-state index contributed by atoms with van der Waals surface area (Å²) >= 11 is 0. The predicted octanol–water partition coefficient (Wildman–Crippen LogP) is 3.95. The Hall–Kier alpha value is -4.06. The average molecular weight is 428 g/mol. The van der Waals surface area contributed by atoms with Gasteiger partial charge in [-0.2, -0.15) is 0 Å². The number of nitrogens with zero attached hydrogens (tertiary/aromatic N) is 1. The number of carbonyl (C=O) groups excluding carboxylic acids is 2. The molecule has 162 valence electrons. The molecule has 0 saturated heterocycles. The number of benzene rings is 3. The molecule has 1 aromatic heterocycles. The fourth-order valence-electron chi connectivity index (χ4n) is 3.67. The maximum atomic E-state index is 12.9. The van der Waals surface area contributed by atoms with Gasteiger partial charge in [0.05, 0.1) is 0 Å². The van der Waals surface area contributed by atoms with Crippen molar-refractivity contribution in [2.75, 3.05) is 13.1 Å². The maximum Gasteiger partial charge on any atom is 0.267 e. The van der Waals surface area contributed by atoms with Crippen LogP contribution in [0, 0.1) is 0 Å². The number of amides is 2. The standard InChI is InChI=1S/C26H25N3O3/c30-22-12-6-11-21(16-22)25(31)27-14-7-15-28-26(32)24-17-20-10-4-5-13-23(20)29(24)18-19-8-2-1-3-9-19/h1-6,8-13,16-17,30H,7,14-15,18H2,(H,27,31)(H,28,32). The van der Waals surface area contributed by atoms with E-state index in [9.17, 15) is 14.7 Å². The number of rotatable bonds is 8. The zero-order chi connectivity index (χ0) is 22.3. The third-order valence-corrected chi connectivity index (χ3v) is 5.26. The first-order valence-corrected chi connectivity index (χ1v) is 10.6. The summed E-state index contributed by atoms with van der Waals surface area (Å²) in [6.07, 6.45) is 0.592. The summed E-state index contributed by atoms with van der Waals surface area (Å²) < 4.78 is 2.03. The molecule has 0 fully saturated rings. The van der Waals surface area contributed by atoms with Crippen molar-refractivity contribution in [2.24, 2.45) is 0 Å². The molecule has 32 heavy (non-hydrogen) atoms. The molecular weight excluding hydrogens is 402 g/mol. The zero-order valence-electron chi connectivity index (χ0n) is 17.6. The number of aromatic hydroxyl groups is 1. The maximum absolute atomic E-state index is 12.9.